The van der Waals surface area contributed by atoms with Crippen LogP contribution in [0.5, 0.6) is 5.75 Å². The molecule has 4 rings (SSSR count). The average molecular weight is 354 g/mol. The van der Waals surface area contributed by atoms with Gasteiger partial charge in [0.05, 0.1) is 17.6 Å². The standard InChI is InChI=1S/C20H16ClNO3/c1-11-3-5-13(6-4-11)16-10-18(24)25-20-15-8-7-14(21)9-17(15)22(12(2)23)19(16)20/h3-9,16H,10H2,1-2H3. The SMILES string of the molecule is CC(=O)n1c2c(c3ccc(Cl)cc31)OC(=O)CC2c1ccc(C)cc1. The quantitative estimate of drug-likeness (QED) is 0.595. The minimum atomic E-state index is -0.296. The fourth-order valence-corrected chi connectivity index (χ4v) is 3.67. The van der Waals surface area contributed by atoms with E-state index in [2.05, 4.69) is 0 Å². The number of aryl methyl sites for hydroxylation is 1. The number of fused-ring (bicyclic) bond motifs is 3. The molecule has 0 saturated heterocycles. The Morgan fingerprint density at radius 1 is 1.20 bits per heavy atom. The molecule has 1 unspecified atom stereocenters. The van der Waals surface area contributed by atoms with Crippen molar-refractivity contribution in [1.29, 1.82) is 0 Å². The van der Waals surface area contributed by atoms with Crippen LogP contribution in [0.4, 0.5) is 0 Å². The number of carbonyl (C=O) groups is 2. The molecule has 4 nitrogen and oxygen atoms in total. The van der Waals surface area contributed by atoms with Crippen LogP contribution in [0.25, 0.3) is 10.9 Å². The van der Waals surface area contributed by atoms with Crippen molar-refractivity contribution in [2.45, 2.75) is 26.2 Å². The Bertz CT molecular complexity index is 1020. The highest BCUT2D eigenvalue weighted by Gasteiger charge is 2.35. The minimum absolute atomic E-state index is 0.136. The molecule has 0 bridgehead atoms. The molecular formula is C20H16ClNO3. The van der Waals surface area contributed by atoms with Gasteiger partial charge in [-0.1, -0.05) is 41.4 Å². The van der Waals surface area contributed by atoms with Gasteiger partial charge in [0.2, 0.25) is 5.91 Å². The van der Waals surface area contributed by atoms with Gasteiger partial charge in [-0.2, -0.15) is 0 Å². The number of halogens is 1. The van der Waals surface area contributed by atoms with E-state index in [0.29, 0.717) is 22.0 Å². The van der Waals surface area contributed by atoms with Crippen molar-refractivity contribution < 1.29 is 14.3 Å². The first-order valence-corrected chi connectivity index (χ1v) is 8.45. The van der Waals surface area contributed by atoms with E-state index in [0.717, 1.165) is 16.5 Å². The van der Waals surface area contributed by atoms with Crippen LogP contribution in [-0.4, -0.2) is 16.4 Å². The number of aromatic nitrogens is 1. The first kappa shape index (κ1) is 15.9. The summed E-state index contributed by atoms with van der Waals surface area (Å²) >= 11 is 6.13. The lowest BCUT2D eigenvalue weighted by atomic mass is 9.89. The number of nitrogens with zero attached hydrogens (tertiary/aromatic N) is 1. The van der Waals surface area contributed by atoms with Gasteiger partial charge in [-0.05, 0) is 30.7 Å². The number of carbonyl (C=O) groups excluding carboxylic acids is 2. The Morgan fingerprint density at radius 2 is 1.92 bits per heavy atom. The van der Waals surface area contributed by atoms with Gasteiger partial charge >= 0.3 is 5.97 Å². The lowest BCUT2D eigenvalue weighted by molar-refractivity contribution is -0.135. The molecule has 0 aliphatic carbocycles. The fourth-order valence-electron chi connectivity index (χ4n) is 3.51. The maximum absolute atomic E-state index is 12.4. The van der Waals surface area contributed by atoms with Crippen molar-refractivity contribution in [2.75, 3.05) is 0 Å². The van der Waals surface area contributed by atoms with Gasteiger partial charge in [-0.25, -0.2) is 0 Å². The van der Waals surface area contributed by atoms with Crippen molar-refractivity contribution in [3.05, 3.63) is 64.3 Å². The predicted molar refractivity (Wildman–Crippen MR) is 96.5 cm³/mol. The molecule has 126 valence electrons. The normalized spacial score (nSPS) is 16.6. The van der Waals surface area contributed by atoms with E-state index in [9.17, 15) is 9.59 Å². The summed E-state index contributed by atoms with van der Waals surface area (Å²) in [7, 11) is 0. The predicted octanol–water partition coefficient (Wildman–Crippen LogP) is 4.70. The molecule has 3 aromatic rings. The zero-order valence-electron chi connectivity index (χ0n) is 13.9. The zero-order valence-corrected chi connectivity index (χ0v) is 14.6. The lowest BCUT2D eigenvalue weighted by Crippen LogP contribution is -2.24. The molecule has 2 heterocycles. The maximum Gasteiger partial charge on any atom is 0.312 e. The average Bonchev–Trinajstić information content (AvgIpc) is 2.88. The Kier molecular flexibility index (Phi) is 3.65. The smallest absolute Gasteiger partial charge is 0.312 e. The highest BCUT2D eigenvalue weighted by Crippen LogP contribution is 2.45. The summed E-state index contributed by atoms with van der Waals surface area (Å²) in [4.78, 5) is 24.6. The van der Waals surface area contributed by atoms with Gasteiger partial charge < -0.3 is 4.74 Å². The van der Waals surface area contributed by atoms with E-state index in [4.69, 9.17) is 16.3 Å². The van der Waals surface area contributed by atoms with E-state index < -0.39 is 0 Å². The summed E-state index contributed by atoms with van der Waals surface area (Å²) in [6.45, 7) is 3.52. The summed E-state index contributed by atoms with van der Waals surface area (Å²) in [5.74, 6) is -0.199. The molecule has 25 heavy (non-hydrogen) atoms. The van der Waals surface area contributed by atoms with E-state index in [1.54, 1.807) is 22.8 Å². The summed E-state index contributed by atoms with van der Waals surface area (Å²) in [6, 6.07) is 13.3. The molecule has 1 aromatic heterocycles. The highest BCUT2D eigenvalue weighted by molar-refractivity contribution is 6.31. The first-order valence-electron chi connectivity index (χ1n) is 8.07. The van der Waals surface area contributed by atoms with E-state index in [-0.39, 0.29) is 24.2 Å². The number of rotatable bonds is 1. The molecule has 0 amide bonds. The Morgan fingerprint density at radius 3 is 2.60 bits per heavy atom. The highest BCUT2D eigenvalue weighted by atomic mass is 35.5. The third kappa shape index (κ3) is 2.53. The topological polar surface area (TPSA) is 48.3 Å². The molecule has 5 heteroatoms. The van der Waals surface area contributed by atoms with Crippen LogP contribution < -0.4 is 4.74 Å². The second kappa shape index (κ2) is 5.74. The van der Waals surface area contributed by atoms with Crippen LogP contribution in [0.2, 0.25) is 5.02 Å². The van der Waals surface area contributed by atoms with Gasteiger partial charge in [0, 0.05) is 23.3 Å². The third-order valence-corrected chi connectivity index (χ3v) is 4.87. The lowest BCUT2D eigenvalue weighted by Gasteiger charge is -2.24. The molecule has 0 spiro atoms. The molecule has 2 aromatic carbocycles. The second-order valence-electron chi connectivity index (χ2n) is 6.37. The Balaban J connectivity index is 2.04. The zero-order chi connectivity index (χ0) is 17.7. The van der Waals surface area contributed by atoms with Gasteiger partial charge in [0.15, 0.2) is 5.75 Å². The monoisotopic (exact) mass is 353 g/mol. The number of ether oxygens (including phenoxy) is 1. The van der Waals surface area contributed by atoms with Gasteiger partial charge in [-0.15, -0.1) is 0 Å². The van der Waals surface area contributed by atoms with Crippen molar-refractivity contribution in [3.8, 4) is 5.75 Å². The van der Waals surface area contributed by atoms with E-state index in [1.807, 2.05) is 31.2 Å². The van der Waals surface area contributed by atoms with Gasteiger partial charge in [0.25, 0.3) is 0 Å². The van der Waals surface area contributed by atoms with Crippen molar-refractivity contribution >= 4 is 34.4 Å². The van der Waals surface area contributed by atoms with E-state index in [1.165, 1.54) is 6.92 Å². The van der Waals surface area contributed by atoms with Crippen LogP contribution in [0.3, 0.4) is 0 Å². The van der Waals surface area contributed by atoms with Crippen LogP contribution >= 0.6 is 11.6 Å². The fraction of sp³-hybridized carbons (Fsp3) is 0.200. The van der Waals surface area contributed by atoms with Crippen LogP contribution in [0.15, 0.2) is 42.5 Å². The van der Waals surface area contributed by atoms with Crippen molar-refractivity contribution in [2.24, 2.45) is 0 Å². The number of hydrogen-bond donors (Lipinski definition) is 0. The minimum Gasteiger partial charge on any atom is -0.424 e. The molecule has 0 radical (unpaired) electrons. The van der Waals surface area contributed by atoms with E-state index >= 15 is 0 Å². The summed E-state index contributed by atoms with van der Waals surface area (Å²) < 4.78 is 7.15. The van der Waals surface area contributed by atoms with Gasteiger partial charge in [-0.3, -0.25) is 14.2 Å². The number of esters is 1. The Hall–Kier alpha value is -2.59. The van der Waals surface area contributed by atoms with Crippen LogP contribution in [-0.2, 0) is 4.79 Å². The first-order chi connectivity index (χ1) is 12.0. The van der Waals surface area contributed by atoms with Crippen LogP contribution in [0.1, 0.15) is 40.9 Å². The number of benzene rings is 2. The molecule has 1 atom stereocenters. The summed E-state index contributed by atoms with van der Waals surface area (Å²) in [6.07, 6.45) is 0.202. The summed E-state index contributed by atoms with van der Waals surface area (Å²) in [5, 5.41) is 1.25. The van der Waals surface area contributed by atoms with Crippen LogP contribution in [0, 0.1) is 6.92 Å². The Labute approximate surface area is 150 Å². The van der Waals surface area contributed by atoms with Crippen molar-refractivity contribution in [1.82, 2.24) is 4.57 Å². The molecule has 0 fully saturated rings. The maximum atomic E-state index is 12.4. The molecule has 0 saturated carbocycles. The molecule has 0 N–H and O–H groups in total. The third-order valence-electron chi connectivity index (χ3n) is 4.63. The second-order valence-corrected chi connectivity index (χ2v) is 6.81. The summed E-state index contributed by atoms with van der Waals surface area (Å²) in [5.41, 5.74) is 3.51. The molecular weight excluding hydrogens is 338 g/mol. The van der Waals surface area contributed by atoms with Gasteiger partial charge in [0.1, 0.15) is 0 Å². The largest absolute Gasteiger partial charge is 0.424 e. The molecule has 1 aliphatic heterocycles. The number of hydrogen-bond acceptors (Lipinski definition) is 3. The molecule has 1 aliphatic rings. The van der Waals surface area contributed by atoms with Crippen molar-refractivity contribution in [3.63, 3.8) is 0 Å².